The fourth-order valence-corrected chi connectivity index (χ4v) is 2.47. The molecule has 108 valence electrons. The van der Waals surface area contributed by atoms with E-state index in [0.29, 0.717) is 12.5 Å². The van der Waals surface area contributed by atoms with Crippen LogP contribution in [0.15, 0.2) is 24.3 Å². The second-order valence-corrected chi connectivity index (χ2v) is 6.38. The predicted octanol–water partition coefficient (Wildman–Crippen LogP) is 3.66. The van der Waals surface area contributed by atoms with Gasteiger partial charge in [-0.15, -0.1) is 0 Å². The number of halogens is 1. The number of hydrogen-bond acceptors (Lipinski definition) is 2. The molecule has 1 rings (SSSR count). The maximum atomic E-state index is 13.0. The lowest BCUT2D eigenvalue weighted by molar-refractivity contribution is 0.298. The standard InChI is InChI=1S/C16H27FN2/c1-5-19(15-8-6-14(17)7-9-15)12-13(11-18)10-16(2,3)4/h6-9,13H,5,10-12,18H2,1-4H3. The zero-order valence-electron chi connectivity index (χ0n) is 12.6. The van der Waals surface area contributed by atoms with Crippen molar-refractivity contribution < 1.29 is 4.39 Å². The molecule has 0 heterocycles. The summed E-state index contributed by atoms with van der Waals surface area (Å²) in [6, 6.07) is 6.70. The van der Waals surface area contributed by atoms with E-state index in [0.717, 1.165) is 25.2 Å². The number of rotatable bonds is 6. The van der Waals surface area contributed by atoms with Crippen LogP contribution in [-0.4, -0.2) is 19.6 Å². The van der Waals surface area contributed by atoms with E-state index in [1.807, 2.05) is 12.1 Å². The summed E-state index contributed by atoms with van der Waals surface area (Å²) in [7, 11) is 0. The van der Waals surface area contributed by atoms with E-state index >= 15 is 0 Å². The number of nitrogens with zero attached hydrogens (tertiary/aromatic N) is 1. The van der Waals surface area contributed by atoms with E-state index in [1.54, 1.807) is 0 Å². The Morgan fingerprint density at radius 2 is 1.79 bits per heavy atom. The average Bonchev–Trinajstić information content (AvgIpc) is 2.34. The van der Waals surface area contributed by atoms with Crippen LogP contribution in [0.3, 0.4) is 0 Å². The maximum absolute atomic E-state index is 13.0. The monoisotopic (exact) mass is 266 g/mol. The van der Waals surface area contributed by atoms with Gasteiger partial charge in [0.25, 0.3) is 0 Å². The lowest BCUT2D eigenvalue weighted by Gasteiger charge is -2.31. The fourth-order valence-electron chi connectivity index (χ4n) is 2.47. The van der Waals surface area contributed by atoms with Gasteiger partial charge in [0, 0.05) is 18.8 Å². The van der Waals surface area contributed by atoms with Gasteiger partial charge in [0.05, 0.1) is 0 Å². The molecule has 0 saturated heterocycles. The topological polar surface area (TPSA) is 29.3 Å². The summed E-state index contributed by atoms with van der Waals surface area (Å²) in [5.74, 6) is 0.273. The molecule has 0 radical (unpaired) electrons. The first-order valence-electron chi connectivity index (χ1n) is 7.06. The van der Waals surface area contributed by atoms with Crippen molar-refractivity contribution in [3.05, 3.63) is 30.1 Å². The van der Waals surface area contributed by atoms with Gasteiger partial charge in [-0.1, -0.05) is 20.8 Å². The minimum Gasteiger partial charge on any atom is -0.371 e. The van der Waals surface area contributed by atoms with Crippen molar-refractivity contribution in [3.8, 4) is 0 Å². The summed E-state index contributed by atoms with van der Waals surface area (Å²) >= 11 is 0. The van der Waals surface area contributed by atoms with E-state index < -0.39 is 0 Å². The number of benzene rings is 1. The molecule has 0 bridgehead atoms. The van der Waals surface area contributed by atoms with Crippen LogP contribution >= 0.6 is 0 Å². The summed E-state index contributed by atoms with van der Waals surface area (Å²) in [4.78, 5) is 2.27. The molecule has 0 saturated carbocycles. The first-order chi connectivity index (χ1) is 8.85. The predicted molar refractivity (Wildman–Crippen MR) is 80.9 cm³/mol. The van der Waals surface area contributed by atoms with Crippen LogP contribution in [0.2, 0.25) is 0 Å². The normalized spacial score (nSPS) is 13.4. The minimum atomic E-state index is -0.190. The van der Waals surface area contributed by atoms with E-state index in [-0.39, 0.29) is 11.2 Å². The van der Waals surface area contributed by atoms with Crippen LogP contribution < -0.4 is 10.6 Å². The second kappa shape index (κ2) is 6.90. The van der Waals surface area contributed by atoms with Gasteiger partial charge in [-0.3, -0.25) is 0 Å². The minimum absolute atomic E-state index is 0.190. The number of hydrogen-bond donors (Lipinski definition) is 1. The van der Waals surface area contributed by atoms with Crippen LogP contribution in [0.1, 0.15) is 34.1 Å². The van der Waals surface area contributed by atoms with Gasteiger partial charge in [-0.2, -0.15) is 0 Å². The van der Waals surface area contributed by atoms with Gasteiger partial charge in [-0.25, -0.2) is 4.39 Å². The summed E-state index contributed by atoms with van der Waals surface area (Å²) < 4.78 is 13.0. The summed E-state index contributed by atoms with van der Waals surface area (Å²) in [6.07, 6.45) is 1.10. The van der Waals surface area contributed by atoms with Crippen molar-refractivity contribution in [1.29, 1.82) is 0 Å². The van der Waals surface area contributed by atoms with Crippen molar-refractivity contribution >= 4 is 5.69 Å². The van der Waals surface area contributed by atoms with Crippen molar-refractivity contribution in [2.24, 2.45) is 17.1 Å². The number of nitrogens with two attached hydrogens (primary N) is 1. The molecule has 1 aromatic carbocycles. The Bertz CT molecular complexity index is 367. The Morgan fingerprint density at radius 3 is 2.21 bits per heavy atom. The first-order valence-corrected chi connectivity index (χ1v) is 7.06. The van der Waals surface area contributed by atoms with Crippen LogP contribution in [0, 0.1) is 17.2 Å². The molecular formula is C16H27FN2. The fraction of sp³-hybridized carbons (Fsp3) is 0.625. The summed E-state index contributed by atoms with van der Waals surface area (Å²) in [5.41, 5.74) is 7.25. The molecule has 0 aromatic heterocycles. The van der Waals surface area contributed by atoms with Crippen molar-refractivity contribution in [2.75, 3.05) is 24.5 Å². The Hall–Kier alpha value is -1.09. The van der Waals surface area contributed by atoms with E-state index in [2.05, 4.69) is 32.6 Å². The van der Waals surface area contributed by atoms with Crippen LogP contribution in [-0.2, 0) is 0 Å². The van der Waals surface area contributed by atoms with Crippen molar-refractivity contribution in [1.82, 2.24) is 0 Å². The Labute approximate surface area is 116 Å². The quantitative estimate of drug-likeness (QED) is 0.851. The van der Waals surface area contributed by atoms with Gasteiger partial charge in [0.1, 0.15) is 5.82 Å². The third-order valence-electron chi connectivity index (χ3n) is 3.29. The third-order valence-corrected chi connectivity index (χ3v) is 3.29. The van der Waals surface area contributed by atoms with Gasteiger partial charge in [-0.05, 0) is 55.5 Å². The maximum Gasteiger partial charge on any atom is 0.123 e. The van der Waals surface area contributed by atoms with Crippen LogP contribution in [0.4, 0.5) is 10.1 Å². The zero-order valence-corrected chi connectivity index (χ0v) is 12.6. The van der Waals surface area contributed by atoms with Gasteiger partial charge in [0.2, 0.25) is 0 Å². The average molecular weight is 266 g/mol. The largest absolute Gasteiger partial charge is 0.371 e. The molecule has 0 fully saturated rings. The highest BCUT2D eigenvalue weighted by molar-refractivity contribution is 5.46. The third kappa shape index (κ3) is 5.60. The van der Waals surface area contributed by atoms with Gasteiger partial charge >= 0.3 is 0 Å². The highest BCUT2D eigenvalue weighted by Crippen LogP contribution is 2.26. The molecule has 1 aromatic rings. The molecule has 0 spiro atoms. The van der Waals surface area contributed by atoms with Crippen LogP contribution in [0.5, 0.6) is 0 Å². The highest BCUT2D eigenvalue weighted by atomic mass is 19.1. The van der Waals surface area contributed by atoms with Crippen LogP contribution in [0.25, 0.3) is 0 Å². The molecule has 2 nitrogen and oxygen atoms in total. The highest BCUT2D eigenvalue weighted by Gasteiger charge is 2.20. The van der Waals surface area contributed by atoms with Gasteiger partial charge < -0.3 is 10.6 Å². The van der Waals surface area contributed by atoms with Crippen molar-refractivity contribution in [3.63, 3.8) is 0 Å². The van der Waals surface area contributed by atoms with E-state index in [9.17, 15) is 4.39 Å². The molecule has 19 heavy (non-hydrogen) atoms. The first kappa shape index (κ1) is 16.0. The molecule has 1 unspecified atom stereocenters. The molecule has 0 aliphatic carbocycles. The summed E-state index contributed by atoms with van der Waals surface area (Å²) in [6.45, 7) is 11.4. The second-order valence-electron chi connectivity index (χ2n) is 6.38. The summed E-state index contributed by atoms with van der Waals surface area (Å²) in [5, 5.41) is 0. The molecule has 3 heteroatoms. The lowest BCUT2D eigenvalue weighted by Crippen LogP contribution is -2.35. The Balaban J connectivity index is 2.72. The molecule has 0 aliphatic rings. The molecule has 0 amide bonds. The molecular weight excluding hydrogens is 239 g/mol. The number of anilines is 1. The SMILES string of the molecule is CCN(CC(CN)CC(C)(C)C)c1ccc(F)cc1. The lowest BCUT2D eigenvalue weighted by atomic mass is 9.84. The molecule has 0 aliphatic heterocycles. The van der Waals surface area contributed by atoms with Crippen molar-refractivity contribution in [2.45, 2.75) is 34.1 Å². The molecule has 2 N–H and O–H groups in total. The zero-order chi connectivity index (χ0) is 14.5. The Morgan fingerprint density at radius 1 is 1.21 bits per heavy atom. The van der Waals surface area contributed by atoms with Gasteiger partial charge in [0.15, 0.2) is 0 Å². The Kier molecular flexibility index (Phi) is 5.80. The molecule has 1 atom stereocenters. The van der Waals surface area contributed by atoms with E-state index in [4.69, 9.17) is 5.73 Å². The van der Waals surface area contributed by atoms with E-state index in [1.165, 1.54) is 12.1 Å². The smallest absolute Gasteiger partial charge is 0.123 e.